The van der Waals surface area contributed by atoms with Crippen LogP contribution in [0.15, 0.2) is 66.2 Å². The minimum absolute atomic E-state index is 0.119. The van der Waals surface area contributed by atoms with Gasteiger partial charge in [0, 0.05) is 54.6 Å². The summed E-state index contributed by atoms with van der Waals surface area (Å²) in [7, 11) is -5.14. The van der Waals surface area contributed by atoms with E-state index in [4.69, 9.17) is 22.2 Å². The Kier molecular flexibility index (Phi) is 21.9. The third-order valence-corrected chi connectivity index (χ3v) is 11.9. The van der Waals surface area contributed by atoms with E-state index in [-0.39, 0.29) is 30.6 Å². The second-order valence-corrected chi connectivity index (χ2v) is 18.7. The molecule has 1 aliphatic heterocycles. The summed E-state index contributed by atoms with van der Waals surface area (Å²) in [6.07, 6.45) is 5.81. The van der Waals surface area contributed by atoms with Gasteiger partial charge in [-0.15, -0.1) is 0 Å². The third-order valence-electron chi connectivity index (χ3n) is 11.0. The number of aryl methyl sites for hydroxylation is 1. The number of oxime groups is 1. The highest BCUT2D eigenvalue weighted by Gasteiger charge is 2.37. The molecular weight excluding hydrogens is 955 g/mol. The Labute approximate surface area is 409 Å². The summed E-state index contributed by atoms with van der Waals surface area (Å²) in [6, 6.07) is 6.60. The molecule has 0 bridgehead atoms. The third kappa shape index (κ3) is 18.3. The van der Waals surface area contributed by atoms with Crippen LogP contribution < -0.4 is 32.3 Å². The number of carbonyl (C=O) groups is 7. The van der Waals surface area contributed by atoms with Crippen molar-refractivity contribution in [2.24, 2.45) is 16.8 Å². The predicted octanol–water partition coefficient (Wildman–Crippen LogP) is 1.52. The van der Waals surface area contributed by atoms with Crippen LogP contribution >= 0.6 is 19.4 Å². The molecule has 1 aromatic heterocycles. The number of benzene rings is 2. The lowest BCUT2D eigenvalue weighted by Gasteiger charge is -2.28. The number of hydrogen-bond acceptors (Lipinski definition) is 13. The molecule has 0 spiro atoms. The maximum absolute atomic E-state index is 14.1. The van der Waals surface area contributed by atoms with Crippen molar-refractivity contribution in [3.05, 3.63) is 82.9 Å². The number of likely N-dealkylation sites (tertiary alicyclic amines) is 1. The van der Waals surface area contributed by atoms with Crippen molar-refractivity contribution in [1.82, 2.24) is 35.7 Å². The van der Waals surface area contributed by atoms with E-state index >= 15 is 0 Å². The number of aliphatic hydroxyl groups is 1. The second-order valence-electron chi connectivity index (χ2n) is 17.1. The lowest BCUT2D eigenvalue weighted by Crippen LogP contribution is -2.61. The number of hydrogen-bond donors (Lipinski definition) is 9. The van der Waals surface area contributed by atoms with E-state index < -0.39 is 80.3 Å². The van der Waals surface area contributed by atoms with E-state index in [2.05, 4.69) is 41.2 Å². The first kappa shape index (κ1) is 56.4. The van der Waals surface area contributed by atoms with Crippen molar-refractivity contribution in [2.75, 3.05) is 25.1 Å². The molecule has 0 radical (unpaired) electrons. The van der Waals surface area contributed by atoms with Crippen LogP contribution in [-0.4, -0.2) is 133 Å². The minimum atomic E-state index is -5.14. The standard InChI is InChI=1S/C45H62ClN10O13P/c1-27(2)20-35(52-45(64)38-12-9-18-56(38)29(4)58)42(61)51-36(43(62)53-37(25-57)44(63)54-39(40(47)59)28(3)69-70(65,66)67)22-34-24-48-26-55(34)17-6-5-7-19-68-49-23-30-10-8-11-33(21-30)50-41(60)31-13-15-32(46)16-14-31/h8,10-11,13-16,21,23-24,26-28,35-39,57H,5-7,9,12,17-20,22,25H2,1-4H3,(H2,47,59)(H,50,60)(H,51,61)(H,52,64)(H,53,62)(H,54,63)(H2,65,66,67)/b49-23+/t28-,35+,36+,37+,38+,39+/m1/s1. The number of halogens is 1. The van der Waals surface area contributed by atoms with E-state index in [1.165, 1.54) is 30.6 Å². The number of phosphoric ester groups is 1. The van der Waals surface area contributed by atoms with Crippen molar-refractivity contribution < 1.29 is 62.4 Å². The van der Waals surface area contributed by atoms with Crippen LogP contribution in [0.4, 0.5) is 5.69 Å². The van der Waals surface area contributed by atoms with Crippen molar-refractivity contribution in [2.45, 2.75) is 115 Å². The number of carbonyl (C=O) groups excluding carboxylic acids is 7. The smallest absolute Gasteiger partial charge is 0.396 e. The molecular formula is C45H62ClN10O13P. The highest BCUT2D eigenvalue weighted by Crippen LogP contribution is 2.38. The van der Waals surface area contributed by atoms with Gasteiger partial charge in [-0.25, -0.2) is 9.55 Å². The number of amides is 7. The summed E-state index contributed by atoms with van der Waals surface area (Å²) in [6.45, 7) is 6.16. The van der Waals surface area contributed by atoms with Gasteiger partial charge in [0.2, 0.25) is 35.4 Å². The molecule has 10 N–H and O–H groups in total. The number of primary amides is 1. The van der Waals surface area contributed by atoms with Crippen LogP contribution in [0.2, 0.25) is 5.02 Å². The van der Waals surface area contributed by atoms with Gasteiger partial charge in [-0.3, -0.25) is 38.1 Å². The fraction of sp³-hybridized carbons (Fsp3) is 0.489. The summed E-state index contributed by atoms with van der Waals surface area (Å²) in [5.41, 5.74) is 7.56. The predicted molar refractivity (Wildman–Crippen MR) is 256 cm³/mol. The Morgan fingerprint density at radius 3 is 2.29 bits per heavy atom. The molecule has 25 heteroatoms. The molecule has 70 heavy (non-hydrogen) atoms. The number of phosphoric acid groups is 1. The Bertz CT molecular complexity index is 2360. The van der Waals surface area contributed by atoms with Gasteiger partial charge in [-0.1, -0.05) is 42.7 Å². The summed E-state index contributed by atoms with van der Waals surface area (Å²) in [5.74, 6) is -5.37. The molecule has 6 atom stereocenters. The first-order valence-corrected chi connectivity index (χ1v) is 24.5. The van der Waals surface area contributed by atoms with Gasteiger partial charge in [0.15, 0.2) is 0 Å². The van der Waals surface area contributed by atoms with Crippen molar-refractivity contribution in [3.63, 3.8) is 0 Å². The largest absolute Gasteiger partial charge is 0.469 e. The van der Waals surface area contributed by atoms with Gasteiger partial charge >= 0.3 is 7.82 Å². The minimum Gasteiger partial charge on any atom is -0.396 e. The molecule has 0 aliphatic carbocycles. The average molecular weight is 1020 g/mol. The molecule has 23 nitrogen and oxygen atoms in total. The van der Waals surface area contributed by atoms with Gasteiger partial charge in [0.05, 0.1) is 25.3 Å². The number of nitrogens with two attached hydrogens (primary N) is 1. The molecule has 1 fully saturated rings. The zero-order valence-electron chi connectivity index (χ0n) is 39.3. The number of anilines is 1. The van der Waals surface area contributed by atoms with Gasteiger partial charge in [0.1, 0.15) is 36.8 Å². The van der Waals surface area contributed by atoms with Gasteiger partial charge < -0.3 is 61.5 Å². The summed E-state index contributed by atoms with van der Waals surface area (Å²) in [5, 5.41) is 27.5. The van der Waals surface area contributed by atoms with Crippen molar-refractivity contribution in [1.29, 1.82) is 0 Å². The number of imidazole rings is 1. The number of aliphatic hydroxyl groups excluding tert-OH is 1. The van der Waals surface area contributed by atoms with E-state index in [0.717, 1.165) is 6.92 Å². The van der Waals surface area contributed by atoms with Crippen LogP contribution in [0.25, 0.3) is 0 Å². The molecule has 0 saturated carbocycles. The first-order valence-electron chi connectivity index (χ1n) is 22.6. The van der Waals surface area contributed by atoms with Crippen molar-refractivity contribution >= 4 is 72.7 Å². The van der Waals surface area contributed by atoms with E-state index in [0.29, 0.717) is 79.3 Å². The van der Waals surface area contributed by atoms with E-state index in [1.54, 1.807) is 53.1 Å². The molecule has 1 saturated heterocycles. The Morgan fingerprint density at radius 1 is 0.943 bits per heavy atom. The lowest BCUT2D eigenvalue weighted by molar-refractivity contribution is -0.139. The Hall–Kier alpha value is -6.23. The summed E-state index contributed by atoms with van der Waals surface area (Å²) >= 11 is 5.92. The fourth-order valence-corrected chi connectivity index (χ4v) is 8.17. The van der Waals surface area contributed by atoms with Crippen LogP contribution in [0.1, 0.15) is 87.8 Å². The molecule has 382 valence electrons. The van der Waals surface area contributed by atoms with Crippen LogP contribution in [0.5, 0.6) is 0 Å². The summed E-state index contributed by atoms with van der Waals surface area (Å²) in [4.78, 5) is 121. The highest BCUT2D eigenvalue weighted by atomic mass is 35.5. The van der Waals surface area contributed by atoms with E-state index in [9.17, 15) is 53.0 Å². The number of unbranched alkanes of at least 4 members (excludes halogenated alkanes) is 2. The summed E-state index contributed by atoms with van der Waals surface area (Å²) < 4.78 is 17.7. The molecule has 2 heterocycles. The van der Waals surface area contributed by atoms with Gasteiger partial charge in [-0.05, 0) is 93.3 Å². The SMILES string of the molecule is CC(=O)N1CCC[C@H]1C(=O)N[C@@H](CC(C)C)C(=O)N[C@@H](Cc1cncn1CCCCCO/N=C/c1cccc(NC(=O)c2ccc(Cl)cc2)c1)C(=O)N[C@@H](CO)C(=O)N[C@H](C(N)=O)[C@@H](C)OP(=O)(O)O. The zero-order chi connectivity index (χ0) is 51.5. The van der Waals surface area contributed by atoms with Gasteiger partial charge in [-0.2, -0.15) is 0 Å². The normalized spacial score (nSPS) is 15.9. The topological polar surface area (TPSA) is 335 Å². The molecule has 2 aromatic carbocycles. The fourth-order valence-electron chi connectivity index (χ4n) is 7.49. The number of nitrogens with zero attached hydrogens (tertiary/aromatic N) is 4. The first-order chi connectivity index (χ1) is 33.1. The molecule has 4 rings (SSSR count). The zero-order valence-corrected chi connectivity index (χ0v) is 40.9. The lowest BCUT2D eigenvalue weighted by atomic mass is 10.0. The van der Waals surface area contributed by atoms with E-state index in [1.807, 2.05) is 13.8 Å². The molecule has 1 aliphatic rings. The Morgan fingerprint density at radius 2 is 1.63 bits per heavy atom. The van der Waals surface area contributed by atoms with Crippen molar-refractivity contribution in [3.8, 4) is 0 Å². The quantitative estimate of drug-likeness (QED) is 0.0226. The molecule has 7 amide bonds. The van der Waals surface area contributed by atoms with Crippen LogP contribution in [0, 0.1) is 5.92 Å². The number of aromatic nitrogens is 2. The van der Waals surface area contributed by atoms with Gasteiger partial charge in [0.25, 0.3) is 5.91 Å². The molecule has 3 aromatic rings. The monoisotopic (exact) mass is 1020 g/mol. The average Bonchev–Trinajstić information content (AvgIpc) is 3.97. The molecule has 0 unspecified atom stereocenters. The maximum Gasteiger partial charge on any atom is 0.469 e. The Balaban J connectivity index is 1.41. The maximum atomic E-state index is 14.1. The second kappa shape index (κ2) is 27.2. The van der Waals surface area contributed by atoms with Crippen LogP contribution in [-0.2, 0) is 55.7 Å². The highest BCUT2D eigenvalue weighted by molar-refractivity contribution is 7.46. The number of rotatable bonds is 27. The number of nitrogens with one attached hydrogen (secondary N) is 5. The van der Waals surface area contributed by atoms with Crippen LogP contribution in [0.3, 0.4) is 0 Å².